The second kappa shape index (κ2) is 4.88. The first-order valence-corrected chi connectivity index (χ1v) is 5.16. The summed E-state index contributed by atoms with van der Waals surface area (Å²) >= 11 is 0. The molecule has 5 nitrogen and oxygen atoms in total. The van der Waals surface area contributed by atoms with Gasteiger partial charge >= 0.3 is 5.97 Å². The smallest absolute Gasteiger partial charge is 0.374 e. The molecule has 17 heavy (non-hydrogen) atoms. The van der Waals surface area contributed by atoms with Crippen molar-refractivity contribution >= 4 is 22.6 Å². The largest absolute Gasteiger partial charge is 0.457 e. The number of nitrogen functional groups attached to an aromatic ring is 1. The van der Waals surface area contributed by atoms with E-state index in [1.54, 1.807) is 24.3 Å². The zero-order valence-corrected chi connectivity index (χ0v) is 9.43. The van der Waals surface area contributed by atoms with Gasteiger partial charge in [-0.2, -0.15) is 0 Å². The van der Waals surface area contributed by atoms with E-state index in [1.807, 2.05) is 0 Å². The Morgan fingerprint density at radius 2 is 2.18 bits per heavy atom. The summed E-state index contributed by atoms with van der Waals surface area (Å²) in [6.07, 6.45) is 0. The van der Waals surface area contributed by atoms with Crippen molar-refractivity contribution in [3.8, 4) is 0 Å². The first-order valence-electron chi connectivity index (χ1n) is 5.16. The molecule has 0 spiro atoms. The van der Waals surface area contributed by atoms with Crippen LogP contribution in [-0.2, 0) is 9.47 Å². The second-order valence-electron chi connectivity index (χ2n) is 3.54. The number of fused-ring (bicyclic) bond motifs is 1. The van der Waals surface area contributed by atoms with Gasteiger partial charge in [0.05, 0.1) is 6.61 Å². The van der Waals surface area contributed by atoms with Crippen LogP contribution in [0.15, 0.2) is 28.7 Å². The van der Waals surface area contributed by atoms with Crippen molar-refractivity contribution in [2.75, 3.05) is 26.1 Å². The van der Waals surface area contributed by atoms with E-state index in [2.05, 4.69) is 0 Å². The SMILES string of the molecule is COCCOC(=O)c1cc2cc(N)ccc2o1. The number of ether oxygens (including phenoxy) is 2. The molecule has 0 saturated heterocycles. The third-order valence-electron chi connectivity index (χ3n) is 2.26. The zero-order chi connectivity index (χ0) is 12.3. The zero-order valence-electron chi connectivity index (χ0n) is 9.43. The third kappa shape index (κ3) is 2.57. The number of nitrogens with two attached hydrogens (primary N) is 1. The number of esters is 1. The number of hydrogen-bond acceptors (Lipinski definition) is 5. The van der Waals surface area contributed by atoms with E-state index in [0.29, 0.717) is 17.9 Å². The average molecular weight is 235 g/mol. The third-order valence-corrected chi connectivity index (χ3v) is 2.26. The minimum atomic E-state index is -0.503. The van der Waals surface area contributed by atoms with Gasteiger partial charge < -0.3 is 19.6 Å². The number of hydrogen-bond donors (Lipinski definition) is 1. The summed E-state index contributed by atoms with van der Waals surface area (Å²) in [5.41, 5.74) is 6.87. The molecule has 1 aromatic heterocycles. The van der Waals surface area contributed by atoms with Crippen LogP contribution in [0.4, 0.5) is 5.69 Å². The molecule has 2 N–H and O–H groups in total. The van der Waals surface area contributed by atoms with Gasteiger partial charge in [-0.15, -0.1) is 0 Å². The van der Waals surface area contributed by atoms with Crippen LogP contribution in [0.25, 0.3) is 11.0 Å². The standard InChI is InChI=1S/C12H13NO4/c1-15-4-5-16-12(14)11-7-8-6-9(13)2-3-10(8)17-11/h2-3,6-7H,4-5,13H2,1H3. The fourth-order valence-corrected chi connectivity index (χ4v) is 1.45. The van der Waals surface area contributed by atoms with Gasteiger partial charge in [0.2, 0.25) is 5.76 Å². The molecule has 0 atom stereocenters. The number of carbonyl (C=O) groups is 1. The average Bonchev–Trinajstić information content (AvgIpc) is 2.72. The van der Waals surface area contributed by atoms with Gasteiger partial charge in [0.25, 0.3) is 0 Å². The second-order valence-corrected chi connectivity index (χ2v) is 3.54. The van der Waals surface area contributed by atoms with Gasteiger partial charge in [0.1, 0.15) is 12.2 Å². The van der Waals surface area contributed by atoms with Crippen LogP contribution in [0.5, 0.6) is 0 Å². The van der Waals surface area contributed by atoms with E-state index in [-0.39, 0.29) is 12.4 Å². The predicted molar refractivity (Wildman–Crippen MR) is 62.8 cm³/mol. The van der Waals surface area contributed by atoms with Crippen molar-refractivity contribution in [1.82, 2.24) is 0 Å². The molecule has 0 amide bonds. The van der Waals surface area contributed by atoms with E-state index in [4.69, 9.17) is 19.6 Å². The molecule has 2 rings (SSSR count). The van der Waals surface area contributed by atoms with Crippen molar-refractivity contribution in [1.29, 1.82) is 0 Å². The van der Waals surface area contributed by atoms with Crippen LogP contribution in [0.2, 0.25) is 0 Å². The summed E-state index contributed by atoms with van der Waals surface area (Å²) in [7, 11) is 1.54. The van der Waals surface area contributed by atoms with Gasteiger partial charge in [-0.05, 0) is 24.3 Å². The predicted octanol–water partition coefficient (Wildman–Crippen LogP) is 1.82. The maximum atomic E-state index is 11.6. The highest BCUT2D eigenvalue weighted by Crippen LogP contribution is 2.22. The monoisotopic (exact) mass is 235 g/mol. The summed E-state index contributed by atoms with van der Waals surface area (Å²) in [6, 6.07) is 6.79. The normalized spacial score (nSPS) is 10.6. The molecule has 0 radical (unpaired) electrons. The van der Waals surface area contributed by atoms with Gasteiger partial charge in [0, 0.05) is 18.2 Å². The lowest BCUT2D eigenvalue weighted by Gasteiger charge is -2.00. The maximum absolute atomic E-state index is 11.6. The van der Waals surface area contributed by atoms with Crippen LogP contribution < -0.4 is 5.73 Å². The molecule has 0 aliphatic carbocycles. The van der Waals surface area contributed by atoms with E-state index in [9.17, 15) is 4.79 Å². The fraction of sp³-hybridized carbons (Fsp3) is 0.250. The lowest BCUT2D eigenvalue weighted by Crippen LogP contribution is -2.08. The van der Waals surface area contributed by atoms with Crippen molar-refractivity contribution in [3.05, 3.63) is 30.0 Å². The van der Waals surface area contributed by atoms with Crippen molar-refractivity contribution in [2.24, 2.45) is 0 Å². The first-order chi connectivity index (χ1) is 8.20. The highest BCUT2D eigenvalue weighted by Gasteiger charge is 2.13. The highest BCUT2D eigenvalue weighted by molar-refractivity contribution is 5.93. The van der Waals surface area contributed by atoms with Crippen LogP contribution in [0.3, 0.4) is 0 Å². The Morgan fingerprint density at radius 1 is 1.35 bits per heavy atom. The minimum absolute atomic E-state index is 0.168. The Bertz CT molecular complexity index is 532. The molecule has 0 aliphatic rings. The van der Waals surface area contributed by atoms with Gasteiger partial charge in [-0.25, -0.2) is 4.79 Å². The molecule has 0 fully saturated rings. The Labute approximate surface area is 98.1 Å². The summed E-state index contributed by atoms with van der Waals surface area (Å²) in [4.78, 5) is 11.6. The van der Waals surface area contributed by atoms with Crippen molar-refractivity contribution < 1.29 is 18.7 Å². The molecule has 0 aliphatic heterocycles. The van der Waals surface area contributed by atoms with Gasteiger partial charge in [-0.1, -0.05) is 0 Å². The first kappa shape index (κ1) is 11.5. The summed E-state index contributed by atoms with van der Waals surface area (Å²) in [6.45, 7) is 0.563. The van der Waals surface area contributed by atoms with Crippen LogP contribution in [0, 0.1) is 0 Å². The lowest BCUT2D eigenvalue weighted by atomic mass is 10.2. The van der Waals surface area contributed by atoms with E-state index in [1.165, 1.54) is 7.11 Å². The molecule has 90 valence electrons. The van der Waals surface area contributed by atoms with Crippen LogP contribution in [0.1, 0.15) is 10.6 Å². The molecular formula is C12H13NO4. The number of furan rings is 1. The number of methoxy groups -OCH3 is 1. The van der Waals surface area contributed by atoms with E-state index >= 15 is 0 Å². The van der Waals surface area contributed by atoms with E-state index < -0.39 is 5.97 Å². The molecule has 1 aromatic carbocycles. The Morgan fingerprint density at radius 3 is 2.94 bits per heavy atom. The molecule has 0 saturated carbocycles. The number of benzene rings is 1. The van der Waals surface area contributed by atoms with Gasteiger partial charge in [-0.3, -0.25) is 0 Å². The molecule has 5 heteroatoms. The number of carbonyl (C=O) groups excluding carboxylic acids is 1. The van der Waals surface area contributed by atoms with Gasteiger partial charge in [0.15, 0.2) is 0 Å². The number of rotatable bonds is 4. The Kier molecular flexibility index (Phi) is 3.30. The molecule has 0 bridgehead atoms. The quantitative estimate of drug-likeness (QED) is 0.497. The van der Waals surface area contributed by atoms with Crippen LogP contribution >= 0.6 is 0 Å². The molecule has 1 heterocycles. The maximum Gasteiger partial charge on any atom is 0.374 e. The number of anilines is 1. The Hall–Kier alpha value is -2.01. The van der Waals surface area contributed by atoms with Crippen molar-refractivity contribution in [2.45, 2.75) is 0 Å². The summed E-state index contributed by atoms with van der Waals surface area (Å²) < 4.78 is 15.1. The molecule has 0 unspecified atom stereocenters. The Balaban J connectivity index is 2.15. The molecule has 2 aromatic rings. The summed E-state index contributed by atoms with van der Waals surface area (Å²) in [5, 5.41) is 0.781. The summed E-state index contributed by atoms with van der Waals surface area (Å²) in [5.74, 6) is -0.335. The molecular weight excluding hydrogens is 222 g/mol. The minimum Gasteiger partial charge on any atom is -0.457 e. The van der Waals surface area contributed by atoms with Crippen molar-refractivity contribution in [3.63, 3.8) is 0 Å². The van der Waals surface area contributed by atoms with E-state index in [0.717, 1.165) is 5.39 Å². The lowest BCUT2D eigenvalue weighted by molar-refractivity contribution is 0.0357. The van der Waals surface area contributed by atoms with Crippen LogP contribution in [-0.4, -0.2) is 26.3 Å². The topological polar surface area (TPSA) is 74.7 Å². The highest BCUT2D eigenvalue weighted by atomic mass is 16.6. The fourth-order valence-electron chi connectivity index (χ4n) is 1.45.